The Morgan fingerprint density at radius 2 is 1.74 bits per heavy atom. The van der Waals surface area contributed by atoms with Crippen LogP contribution in [-0.2, 0) is 19.1 Å². The molecule has 1 aliphatic heterocycles. The number of imide groups is 1. The number of Topliss-reactive ketones (excluding diaryl/α,β-unsaturated/α-hetero) is 1. The van der Waals surface area contributed by atoms with Crippen LogP contribution >= 0.6 is 0 Å². The van der Waals surface area contributed by atoms with Gasteiger partial charge in [0, 0.05) is 17.7 Å². The van der Waals surface area contributed by atoms with Crippen LogP contribution < -0.4 is 0 Å². The molecule has 2 bridgehead atoms. The molecule has 2 amide bonds. The van der Waals surface area contributed by atoms with Gasteiger partial charge in [-0.2, -0.15) is 0 Å². The smallest absolute Gasteiger partial charge is 0.326 e. The Hall–Kier alpha value is -3.88. The van der Waals surface area contributed by atoms with E-state index in [0.717, 1.165) is 23.8 Å². The second-order valence-corrected chi connectivity index (χ2v) is 9.12. The maximum atomic E-state index is 13.1. The summed E-state index contributed by atoms with van der Waals surface area (Å²) in [6, 6.07) is 15.1. The number of hydrogen-bond donors (Lipinski definition) is 0. The number of ketones is 1. The molecule has 0 unspecified atom stereocenters. The largest absolute Gasteiger partial charge is 0.456 e. The second-order valence-electron chi connectivity index (χ2n) is 9.12. The molecule has 9 heteroatoms. The third-order valence-corrected chi connectivity index (χ3v) is 7.36. The molecule has 3 aliphatic rings. The van der Waals surface area contributed by atoms with E-state index >= 15 is 0 Å². The van der Waals surface area contributed by atoms with E-state index in [4.69, 9.17) is 4.74 Å². The summed E-state index contributed by atoms with van der Waals surface area (Å²) in [4.78, 5) is 62.0. The molecule has 3 fully saturated rings. The third-order valence-electron chi connectivity index (χ3n) is 7.36. The number of nitro groups is 1. The van der Waals surface area contributed by atoms with Crippen LogP contribution in [0.25, 0.3) is 0 Å². The second kappa shape index (κ2) is 8.48. The van der Waals surface area contributed by atoms with Crippen molar-refractivity contribution < 1.29 is 28.8 Å². The van der Waals surface area contributed by atoms with Gasteiger partial charge in [0.05, 0.1) is 16.8 Å². The lowest BCUT2D eigenvalue weighted by atomic mass is 9.73. The molecule has 9 nitrogen and oxygen atoms in total. The van der Waals surface area contributed by atoms with E-state index in [0.29, 0.717) is 0 Å². The number of ether oxygens (including phenoxy) is 1. The van der Waals surface area contributed by atoms with Crippen molar-refractivity contribution in [1.82, 2.24) is 4.90 Å². The van der Waals surface area contributed by atoms with Gasteiger partial charge in [-0.15, -0.1) is 0 Å². The molecule has 0 aromatic heterocycles. The molecule has 5 atom stereocenters. The fraction of sp³-hybridized carbons (Fsp3) is 0.360. The number of benzene rings is 2. The Labute approximate surface area is 194 Å². The molecule has 2 aromatic rings. The highest BCUT2D eigenvalue weighted by Gasteiger charge is 2.64. The van der Waals surface area contributed by atoms with Gasteiger partial charge in [0.15, 0.2) is 6.61 Å². The fourth-order valence-corrected chi connectivity index (χ4v) is 5.96. The first-order valence-corrected chi connectivity index (χ1v) is 11.2. The van der Waals surface area contributed by atoms with Gasteiger partial charge in [0.1, 0.15) is 6.54 Å². The van der Waals surface area contributed by atoms with Gasteiger partial charge in [-0.05, 0) is 36.2 Å². The summed E-state index contributed by atoms with van der Waals surface area (Å²) in [5.41, 5.74) is 0.958. The normalized spacial score (nSPS) is 27.1. The zero-order valence-electron chi connectivity index (χ0n) is 18.2. The van der Waals surface area contributed by atoms with Crippen molar-refractivity contribution in [2.45, 2.75) is 18.8 Å². The molecule has 0 radical (unpaired) electrons. The molecule has 2 aliphatic carbocycles. The number of fused-ring (bicyclic) bond motifs is 5. The summed E-state index contributed by atoms with van der Waals surface area (Å²) in [6.07, 6.45) is 1.69. The molecule has 0 spiro atoms. The molecule has 1 heterocycles. The van der Waals surface area contributed by atoms with Gasteiger partial charge in [-0.25, -0.2) is 0 Å². The zero-order chi connectivity index (χ0) is 24.0. The molecule has 5 rings (SSSR count). The SMILES string of the molecule is O=C(CN1C(=O)[C@@H]2[C@@H]3C[C@@H]([C@H]2C1=O)[C@@H](c1ccccc1)C3)OCC(=O)c1cccc([N+](=O)[O-])c1. The summed E-state index contributed by atoms with van der Waals surface area (Å²) in [5, 5.41) is 10.9. The summed E-state index contributed by atoms with van der Waals surface area (Å²) >= 11 is 0. The number of rotatable bonds is 7. The molecule has 34 heavy (non-hydrogen) atoms. The first-order valence-electron chi connectivity index (χ1n) is 11.2. The molecule has 1 saturated heterocycles. The van der Waals surface area contributed by atoms with E-state index in [1.165, 1.54) is 23.8 Å². The summed E-state index contributed by atoms with van der Waals surface area (Å²) in [6.45, 7) is -1.17. The standard InChI is InChI=1S/C25H22N2O7/c28-20(15-7-4-8-17(9-15)27(32)33)13-34-21(29)12-26-24(30)22-16-10-18(14-5-2-1-3-6-14)19(11-16)23(22)25(26)31/h1-9,16,18-19,22-23H,10-13H2/t16-,18+,19+,22+,23+/m0/s1. The van der Waals surface area contributed by atoms with Crippen molar-refractivity contribution in [2.24, 2.45) is 23.7 Å². The number of carbonyl (C=O) groups is 4. The average Bonchev–Trinajstić information content (AvgIpc) is 3.51. The van der Waals surface area contributed by atoms with Gasteiger partial charge < -0.3 is 4.74 Å². The lowest BCUT2D eigenvalue weighted by Gasteiger charge is -2.28. The molecule has 2 aromatic carbocycles. The average molecular weight is 462 g/mol. The highest BCUT2D eigenvalue weighted by atomic mass is 16.6. The summed E-state index contributed by atoms with van der Waals surface area (Å²) in [7, 11) is 0. The quantitative estimate of drug-likeness (QED) is 0.204. The molecule has 2 saturated carbocycles. The van der Waals surface area contributed by atoms with Gasteiger partial charge in [-0.3, -0.25) is 34.2 Å². The van der Waals surface area contributed by atoms with Crippen LogP contribution in [0.3, 0.4) is 0 Å². The number of amides is 2. The van der Waals surface area contributed by atoms with Crippen molar-refractivity contribution in [3.63, 3.8) is 0 Å². The van der Waals surface area contributed by atoms with E-state index in [-0.39, 0.29) is 40.8 Å². The monoisotopic (exact) mass is 462 g/mol. The van der Waals surface area contributed by atoms with Crippen LogP contribution in [0, 0.1) is 33.8 Å². The first-order chi connectivity index (χ1) is 16.3. The van der Waals surface area contributed by atoms with Gasteiger partial charge in [0.2, 0.25) is 17.6 Å². The van der Waals surface area contributed by atoms with E-state index in [1.54, 1.807) is 0 Å². The van der Waals surface area contributed by atoms with E-state index < -0.39 is 41.7 Å². The Bertz CT molecular complexity index is 1190. The maximum absolute atomic E-state index is 13.1. The van der Waals surface area contributed by atoms with E-state index in [1.807, 2.05) is 18.2 Å². The minimum atomic E-state index is -0.868. The van der Waals surface area contributed by atoms with Crippen LogP contribution in [-0.4, -0.2) is 46.5 Å². The fourth-order valence-electron chi connectivity index (χ4n) is 5.96. The molecular weight excluding hydrogens is 440 g/mol. The van der Waals surface area contributed by atoms with Crippen LogP contribution in [0.15, 0.2) is 54.6 Å². The van der Waals surface area contributed by atoms with Crippen LogP contribution in [0.4, 0.5) is 5.69 Å². The lowest BCUT2D eigenvalue weighted by molar-refractivity contribution is -0.384. The number of carbonyl (C=O) groups excluding carboxylic acids is 4. The number of nitrogens with zero attached hydrogens (tertiary/aromatic N) is 2. The van der Waals surface area contributed by atoms with E-state index in [9.17, 15) is 29.3 Å². The van der Waals surface area contributed by atoms with E-state index in [2.05, 4.69) is 12.1 Å². The van der Waals surface area contributed by atoms with Crippen molar-refractivity contribution in [3.8, 4) is 0 Å². The Morgan fingerprint density at radius 1 is 1.00 bits per heavy atom. The summed E-state index contributed by atoms with van der Waals surface area (Å²) in [5.74, 6) is -2.56. The number of esters is 1. The number of nitro benzene ring substituents is 1. The number of non-ortho nitro benzene ring substituents is 1. The van der Waals surface area contributed by atoms with Crippen molar-refractivity contribution in [1.29, 1.82) is 0 Å². The van der Waals surface area contributed by atoms with Crippen LogP contribution in [0.5, 0.6) is 0 Å². The van der Waals surface area contributed by atoms with Gasteiger partial charge >= 0.3 is 5.97 Å². The molecule has 174 valence electrons. The van der Waals surface area contributed by atoms with Gasteiger partial charge in [-0.1, -0.05) is 42.5 Å². The predicted molar refractivity (Wildman–Crippen MR) is 117 cm³/mol. The number of likely N-dealkylation sites (tertiary alicyclic amines) is 1. The Morgan fingerprint density at radius 3 is 2.47 bits per heavy atom. The maximum Gasteiger partial charge on any atom is 0.326 e. The van der Waals surface area contributed by atoms with Crippen molar-refractivity contribution in [3.05, 3.63) is 75.8 Å². The highest BCUT2D eigenvalue weighted by Crippen LogP contribution is 2.61. The molecular formula is C25H22N2O7. The lowest BCUT2D eigenvalue weighted by Crippen LogP contribution is -2.38. The first kappa shape index (κ1) is 21.9. The van der Waals surface area contributed by atoms with Crippen LogP contribution in [0.1, 0.15) is 34.7 Å². The summed E-state index contributed by atoms with van der Waals surface area (Å²) < 4.78 is 4.99. The number of hydrogen-bond acceptors (Lipinski definition) is 7. The third kappa shape index (κ3) is 3.67. The Balaban J connectivity index is 1.21. The predicted octanol–water partition coefficient (Wildman–Crippen LogP) is 2.75. The highest BCUT2D eigenvalue weighted by molar-refractivity contribution is 6.08. The Kier molecular flexibility index (Phi) is 5.47. The van der Waals surface area contributed by atoms with Crippen molar-refractivity contribution in [2.75, 3.05) is 13.2 Å². The van der Waals surface area contributed by atoms with Gasteiger partial charge in [0.25, 0.3) is 5.69 Å². The minimum Gasteiger partial charge on any atom is -0.456 e. The minimum absolute atomic E-state index is 0.0355. The zero-order valence-corrected chi connectivity index (χ0v) is 18.2. The molecule has 0 N–H and O–H groups in total. The topological polar surface area (TPSA) is 124 Å². The van der Waals surface area contributed by atoms with Crippen LogP contribution in [0.2, 0.25) is 0 Å². The van der Waals surface area contributed by atoms with Crippen molar-refractivity contribution >= 4 is 29.3 Å².